The van der Waals surface area contributed by atoms with E-state index in [0.717, 1.165) is 17.3 Å². The Morgan fingerprint density at radius 3 is 3.08 bits per heavy atom. The Hall–Kier alpha value is -3.35. The second-order valence-electron chi connectivity index (χ2n) is 5.66. The molecule has 126 valence electrons. The van der Waals surface area contributed by atoms with Crippen LogP contribution in [0.25, 0.3) is 22.1 Å². The van der Waals surface area contributed by atoms with Gasteiger partial charge in [-0.1, -0.05) is 13.0 Å². The number of H-pyrrole nitrogens is 2. The Morgan fingerprint density at radius 2 is 2.20 bits per heavy atom. The number of rotatable bonds is 5. The summed E-state index contributed by atoms with van der Waals surface area (Å²) in [4.78, 5) is 27.1. The van der Waals surface area contributed by atoms with E-state index in [-0.39, 0.29) is 5.91 Å². The van der Waals surface area contributed by atoms with E-state index in [1.165, 1.54) is 6.20 Å². The molecular weight excluding hydrogens is 318 g/mol. The maximum absolute atomic E-state index is 12.2. The van der Waals surface area contributed by atoms with Gasteiger partial charge in [0.05, 0.1) is 11.8 Å². The molecule has 7 nitrogen and oxygen atoms in total. The van der Waals surface area contributed by atoms with Crippen molar-refractivity contribution in [2.45, 2.75) is 13.3 Å². The number of hydrogen-bond donors (Lipinski definition) is 3. The maximum atomic E-state index is 12.2. The maximum Gasteiger partial charge on any atom is 0.255 e. The van der Waals surface area contributed by atoms with Crippen LogP contribution in [-0.2, 0) is 0 Å². The van der Waals surface area contributed by atoms with Gasteiger partial charge in [-0.3, -0.25) is 4.79 Å². The van der Waals surface area contributed by atoms with E-state index in [4.69, 9.17) is 4.74 Å². The highest BCUT2D eigenvalue weighted by Gasteiger charge is 2.15. The molecule has 3 heterocycles. The molecule has 0 aliphatic rings. The number of carbonyl (C=O) groups excluding carboxylic acids is 1. The first kappa shape index (κ1) is 15.2. The van der Waals surface area contributed by atoms with E-state index < -0.39 is 0 Å². The van der Waals surface area contributed by atoms with Crippen LogP contribution < -0.4 is 10.1 Å². The number of amides is 1. The van der Waals surface area contributed by atoms with Gasteiger partial charge in [0.2, 0.25) is 5.88 Å². The number of benzene rings is 1. The molecule has 0 saturated heterocycles. The molecule has 7 heteroatoms. The number of aromatic amines is 2. The van der Waals surface area contributed by atoms with Crippen molar-refractivity contribution in [3.05, 3.63) is 48.4 Å². The first-order valence-electron chi connectivity index (χ1n) is 8.12. The minimum absolute atomic E-state index is 0.174. The lowest BCUT2D eigenvalue weighted by atomic mass is 10.2. The van der Waals surface area contributed by atoms with Crippen LogP contribution in [0.15, 0.2) is 42.9 Å². The Bertz CT molecular complexity index is 1050. The van der Waals surface area contributed by atoms with Gasteiger partial charge in [0.1, 0.15) is 11.3 Å². The zero-order chi connectivity index (χ0) is 17.2. The molecule has 3 aromatic heterocycles. The minimum atomic E-state index is -0.174. The fourth-order valence-electron chi connectivity index (χ4n) is 2.69. The summed E-state index contributed by atoms with van der Waals surface area (Å²) in [6.07, 6.45) is 5.88. The second-order valence-corrected chi connectivity index (χ2v) is 5.66. The Labute approximate surface area is 143 Å². The van der Waals surface area contributed by atoms with E-state index in [1.807, 2.05) is 37.4 Å². The van der Waals surface area contributed by atoms with Crippen LogP contribution in [0.2, 0.25) is 0 Å². The highest BCUT2D eigenvalue weighted by molar-refractivity contribution is 6.04. The van der Waals surface area contributed by atoms with Crippen molar-refractivity contribution in [1.29, 1.82) is 0 Å². The van der Waals surface area contributed by atoms with E-state index in [1.54, 1.807) is 6.20 Å². The van der Waals surface area contributed by atoms with Gasteiger partial charge in [-0.25, -0.2) is 9.97 Å². The first-order chi connectivity index (χ1) is 12.3. The van der Waals surface area contributed by atoms with Crippen LogP contribution in [0.1, 0.15) is 23.7 Å². The zero-order valence-electron chi connectivity index (χ0n) is 13.7. The lowest BCUT2D eigenvalue weighted by Gasteiger charge is -2.06. The van der Waals surface area contributed by atoms with E-state index >= 15 is 0 Å². The van der Waals surface area contributed by atoms with Gasteiger partial charge in [-0.05, 0) is 24.6 Å². The minimum Gasteiger partial charge on any atom is -0.437 e. The summed E-state index contributed by atoms with van der Waals surface area (Å²) < 4.78 is 5.90. The highest BCUT2D eigenvalue weighted by atomic mass is 16.5. The van der Waals surface area contributed by atoms with Crippen molar-refractivity contribution in [3.63, 3.8) is 0 Å². The Kier molecular flexibility index (Phi) is 3.81. The summed E-state index contributed by atoms with van der Waals surface area (Å²) in [6.45, 7) is 2.62. The van der Waals surface area contributed by atoms with Crippen LogP contribution in [0.5, 0.6) is 11.6 Å². The van der Waals surface area contributed by atoms with Crippen LogP contribution >= 0.6 is 0 Å². The van der Waals surface area contributed by atoms with Gasteiger partial charge in [0.15, 0.2) is 5.65 Å². The number of aromatic nitrogens is 4. The predicted molar refractivity (Wildman–Crippen MR) is 94.9 cm³/mol. The monoisotopic (exact) mass is 335 g/mol. The number of fused-ring (bicyclic) bond motifs is 2. The summed E-state index contributed by atoms with van der Waals surface area (Å²) in [5.74, 6) is 0.845. The molecule has 0 spiro atoms. The molecule has 3 N–H and O–H groups in total. The SMILES string of the molecule is CCCNC(=O)c1c[nH]c2ncc(Oc3cccc4[nH]ccc34)nc12. The smallest absolute Gasteiger partial charge is 0.255 e. The fraction of sp³-hybridized carbons (Fsp3) is 0.167. The molecule has 0 bridgehead atoms. The first-order valence-corrected chi connectivity index (χ1v) is 8.12. The van der Waals surface area contributed by atoms with Crippen LogP contribution in [0.3, 0.4) is 0 Å². The third kappa shape index (κ3) is 2.80. The highest BCUT2D eigenvalue weighted by Crippen LogP contribution is 2.29. The Morgan fingerprint density at radius 1 is 1.28 bits per heavy atom. The third-order valence-electron chi connectivity index (χ3n) is 3.91. The molecule has 4 rings (SSSR count). The molecule has 1 aromatic carbocycles. The number of carbonyl (C=O) groups is 1. The predicted octanol–water partition coefficient (Wildman–Crippen LogP) is 3.37. The normalized spacial score (nSPS) is 11.1. The molecule has 0 unspecified atom stereocenters. The van der Waals surface area contributed by atoms with E-state index in [0.29, 0.717) is 34.9 Å². The Balaban J connectivity index is 1.69. The van der Waals surface area contributed by atoms with Crippen LogP contribution in [0, 0.1) is 0 Å². The molecule has 4 aromatic rings. The van der Waals surface area contributed by atoms with E-state index in [9.17, 15) is 4.79 Å². The van der Waals surface area contributed by atoms with Gasteiger partial charge >= 0.3 is 0 Å². The standard InChI is InChI=1S/C18H17N5O2/c1-2-7-20-18(24)12-9-21-17-16(12)23-15(10-22-17)25-14-5-3-4-13-11(14)6-8-19-13/h3-6,8-10,19H,2,7H2,1H3,(H,20,24)(H,21,22). The zero-order valence-corrected chi connectivity index (χ0v) is 13.7. The molecule has 0 aliphatic heterocycles. The van der Waals surface area contributed by atoms with Crippen molar-refractivity contribution in [2.24, 2.45) is 0 Å². The van der Waals surface area contributed by atoms with Gasteiger partial charge in [0, 0.05) is 29.8 Å². The molecule has 0 aliphatic carbocycles. The summed E-state index contributed by atoms with van der Waals surface area (Å²) in [6, 6.07) is 7.68. The third-order valence-corrected chi connectivity index (χ3v) is 3.91. The van der Waals surface area contributed by atoms with Crippen molar-refractivity contribution in [3.8, 4) is 11.6 Å². The van der Waals surface area contributed by atoms with Gasteiger partial charge < -0.3 is 20.0 Å². The van der Waals surface area contributed by atoms with Crippen LogP contribution in [-0.4, -0.2) is 32.4 Å². The number of nitrogens with zero attached hydrogens (tertiary/aromatic N) is 2. The molecule has 0 atom stereocenters. The van der Waals surface area contributed by atoms with Gasteiger partial charge in [-0.2, -0.15) is 0 Å². The van der Waals surface area contributed by atoms with Crippen molar-refractivity contribution in [1.82, 2.24) is 25.3 Å². The second kappa shape index (κ2) is 6.27. The molecule has 1 amide bonds. The number of hydrogen-bond acceptors (Lipinski definition) is 4. The lowest BCUT2D eigenvalue weighted by molar-refractivity contribution is 0.0955. The fourth-order valence-corrected chi connectivity index (χ4v) is 2.69. The molecular formula is C18H17N5O2. The number of nitrogens with one attached hydrogen (secondary N) is 3. The van der Waals surface area contributed by atoms with Crippen molar-refractivity contribution in [2.75, 3.05) is 6.54 Å². The van der Waals surface area contributed by atoms with Crippen molar-refractivity contribution < 1.29 is 9.53 Å². The molecule has 0 radical (unpaired) electrons. The molecule has 0 saturated carbocycles. The largest absolute Gasteiger partial charge is 0.437 e. The van der Waals surface area contributed by atoms with Gasteiger partial charge in [-0.15, -0.1) is 0 Å². The summed E-state index contributed by atoms with van der Waals surface area (Å²) >= 11 is 0. The summed E-state index contributed by atoms with van der Waals surface area (Å²) in [5.41, 5.74) is 2.48. The summed E-state index contributed by atoms with van der Waals surface area (Å²) in [7, 11) is 0. The number of ether oxygens (including phenoxy) is 1. The lowest BCUT2D eigenvalue weighted by Crippen LogP contribution is -2.23. The average Bonchev–Trinajstić information content (AvgIpc) is 3.26. The van der Waals surface area contributed by atoms with Crippen LogP contribution in [0.4, 0.5) is 0 Å². The molecule has 0 fully saturated rings. The van der Waals surface area contributed by atoms with Crippen molar-refractivity contribution >= 4 is 28.0 Å². The van der Waals surface area contributed by atoms with E-state index in [2.05, 4.69) is 25.3 Å². The quantitative estimate of drug-likeness (QED) is 0.521. The summed E-state index contributed by atoms with van der Waals surface area (Å²) in [5, 5.41) is 3.80. The molecule has 25 heavy (non-hydrogen) atoms. The van der Waals surface area contributed by atoms with Gasteiger partial charge in [0.25, 0.3) is 5.91 Å². The topological polar surface area (TPSA) is 95.7 Å². The average molecular weight is 335 g/mol.